The number of nitrogens with one attached hydrogen (secondary N) is 1. The van der Waals surface area contributed by atoms with Gasteiger partial charge in [-0.15, -0.1) is 13.2 Å². The number of hydrogen-bond donors (Lipinski definition) is 2. The molecule has 1 unspecified atom stereocenters. The van der Waals surface area contributed by atoms with Crippen molar-refractivity contribution < 1.29 is 46.5 Å². The fraction of sp³-hybridized carbons (Fsp3) is 0.241. The highest BCUT2D eigenvalue weighted by Crippen LogP contribution is 2.40. The molecule has 0 radical (unpaired) electrons. The lowest BCUT2D eigenvalue weighted by molar-refractivity contribution is -0.275. The molecule has 3 atom stereocenters. The second-order valence-electron chi connectivity index (χ2n) is 9.69. The summed E-state index contributed by atoms with van der Waals surface area (Å²) in [5, 5.41) is 12.9. The Hall–Kier alpha value is -4.45. The third-order valence-electron chi connectivity index (χ3n) is 6.79. The second kappa shape index (κ2) is 11.4. The number of fused-ring (bicyclic) bond motifs is 1. The Balaban J connectivity index is 1.48. The second-order valence-corrected chi connectivity index (χ2v) is 10.1. The van der Waals surface area contributed by atoms with Gasteiger partial charge in [0, 0.05) is 52.5 Å². The fourth-order valence-electron chi connectivity index (χ4n) is 4.57. The molecule has 3 aromatic carbocycles. The maximum absolute atomic E-state index is 14.3. The van der Waals surface area contributed by atoms with Gasteiger partial charge in [-0.3, -0.25) is 14.2 Å². The number of benzene rings is 3. The predicted molar refractivity (Wildman–Crippen MR) is 145 cm³/mol. The summed E-state index contributed by atoms with van der Waals surface area (Å²) in [5.41, 5.74) is 0.855. The van der Waals surface area contributed by atoms with E-state index in [2.05, 4.69) is 10.1 Å². The fourth-order valence-corrected chi connectivity index (χ4v) is 4.70. The van der Waals surface area contributed by atoms with Gasteiger partial charge < -0.3 is 24.6 Å². The molecule has 5 rings (SSSR count). The summed E-state index contributed by atoms with van der Waals surface area (Å²) in [6.07, 6.45) is -3.30. The Morgan fingerprint density at radius 2 is 1.81 bits per heavy atom. The number of ether oxygens (including phenoxy) is 3. The largest absolute Gasteiger partial charge is 0.573 e. The van der Waals surface area contributed by atoms with Crippen LogP contribution in [0.2, 0.25) is 5.02 Å². The van der Waals surface area contributed by atoms with E-state index in [-0.39, 0.29) is 23.4 Å². The van der Waals surface area contributed by atoms with Gasteiger partial charge in [0.2, 0.25) is 0 Å². The van der Waals surface area contributed by atoms with Crippen molar-refractivity contribution >= 4 is 40.1 Å². The molecule has 42 heavy (non-hydrogen) atoms. The summed E-state index contributed by atoms with van der Waals surface area (Å²) >= 11 is 6.05. The van der Waals surface area contributed by atoms with Crippen LogP contribution in [0.1, 0.15) is 22.8 Å². The molecule has 0 spiro atoms. The molecule has 13 heteroatoms. The molecule has 0 saturated heterocycles. The van der Waals surface area contributed by atoms with Gasteiger partial charge in [0.15, 0.2) is 11.6 Å². The third-order valence-corrected chi connectivity index (χ3v) is 7.04. The lowest BCUT2D eigenvalue weighted by atomic mass is 10.1. The van der Waals surface area contributed by atoms with Crippen LogP contribution in [0.4, 0.5) is 23.2 Å². The maximum atomic E-state index is 14.3. The number of methoxy groups -OCH3 is 1. The standard InChI is InChI=1S/C29H23ClF4N2O6/c1-40-20-10-19(11-21(12-20)41-14-17-8-22(17)28(38)39)35-26(15-2-4-18(30)5-3-15)27(37)36-7-6-16-9-23(31)25(13-24(16)36)42-29(32,33)34/h2-7,9-13,17,22,26,35H,8,14H2,1H3,(H,38,39)/t17-,22+,26?/m0/s1. The maximum Gasteiger partial charge on any atom is 0.573 e. The minimum atomic E-state index is -5.14. The van der Waals surface area contributed by atoms with Crippen LogP contribution >= 0.6 is 11.6 Å². The molecule has 0 bridgehead atoms. The van der Waals surface area contributed by atoms with E-state index in [0.29, 0.717) is 34.2 Å². The number of anilines is 1. The quantitative estimate of drug-likeness (QED) is 0.189. The molecular weight excluding hydrogens is 584 g/mol. The minimum absolute atomic E-state index is 0.00602. The van der Waals surface area contributed by atoms with E-state index in [0.717, 1.165) is 16.7 Å². The van der Waals surface area contributed by atoms with E-state index in [1.165, 1.54) is 19.4 Å². The first-order valence-electron chi connectivity index (χ1n) is 12.6. The van der Waals surface area contributed by atoms with E-state index in [1.54, 1.807) is 42.5 Å². The van der Waals surface area contributed by atoms with Gasteiger partial charge in [-0.25, -0.2) is 4.39 Å². The van der Waals surface area contributed by atoms with Crippen molar-refractivity contribution in [3.05, 3.63) is 83.3 Å². The smallest absolute Gasteiger partial charge is 0.497 e. The molecule has 1 heterocycles. The summed E-state index contributed by atoms with van der Waals surface area (Å²) in [5.74, 6) is -3.61. The predicted octanol–water partition coefficient (Wildman–Crippen LogP) is 6.93. The van der Waals surface area contributed by atoms with Crippen LogP contribution in [0.5, 0.6) is 17.2 Å². The first-order valence-corrected chi connectivity index (χ1v) is 13.0. The van der Waals surface area contributed by atoms with Gasteiger partial charge in [-0.1, -0.05) is 23.7 Å². The first kappa shape index (κ1) is 29.1. The lowest BCUT2D eigenvalue weighted by Gasteiger charge is -2.21. The van der Waals surface area contributed by atoms with Crippen LogP contribution in [0, 0.1) is 17.7 Å². The topological polar surface area (TPSA) is 99.0 Å². The van der Waals surface area contributed by atoms with E-state index in [1.807, 2.05) is 0 Å². The van der Waals surface area contributed by atoms with Gasteiger partial charge in [0.25, 0.3) is 5.91 Å². The molecule has 1 saturated carbocycles. The molecule has 8 nitrogen and oxygen atoms in total. The molecule has 2 N–H and O–H groups in total. The molecular formula is C29H23ClF4N2O6. The Labute approximate surface area is 241 Å². The van der Waals surface area contributed by atoms with Crippen LogP contribution in [0.3, 0.4) is 0 Å². The number of aliphatic carboxylic acids is 1. The van der Waals surface area contributed by atoms with Crippen LogP contribution < -0.4 is 19.5 Å². The van der Waals surface area contributed by atoms with Crippen LogP contribution in [0.25, 0.3) is 10.9 Å². The number of rotatable bonds is 10. The van der Waals surface area contributed by atoms with E-state index in [9.17, 15) is 27.2 Å². The Kier molecular flexibility index (Phi) is 7.91. The van der Waals surface area contributed by atoms with Crippen molar-refractivity contribution in [3.63, 3.8) is 0 Å². The first-order chi connectivity index (χ1) is 19.9. The molecule has 0 amide bonds. The zero-order chi connectivity index (χ0) is 30.2. The number of carboxylic acids is 1. The van der Waals surface area contributed by atoms with Crippen molar-refractivity contribution in [1.29, 1.82) is 0 Å². The summed E-state index contributed by atoms with van der Waals surface area (Å²) < 4.78 is 69.0. The highest BCUT2D eigenvalue weighted by molar-refractivity contribution is 6.30. The summed E-state index contributed by atoms with van der Waals surface area (Å²) in [4.78, 5) is 25.1. The number of nitrogens with zero attached hydrogens (tertiary/aromatic N) is 1. The molecule has 220 valence electrons. The van der Waals surface area contributed by atoms with Crippen LogP contribution in [-0.2, 0) is 4.79 Å². The highest BCUT2D eigenvalue weighted by atomic mass is 35.5. The normalized spacial score (nSPS) is 17.0. The van der Waals surface area contributed by atoms with Crippen molar-refractivity contribution in [1.82, 2.24) is 4.57 Å². The SMILES string of the molecule is COc1cc(NC(C(=O)n2ccc3cc(F)c(OC(F)(F)F)cc32)c2ccc(Cl)cc2)cc(OC[C@@H]2C[C@H]2C(=O)O)c1. The molecule has 1 aromatic heterocycles. The Bertz CT molecular complexity index is 1640. The number of alkyl halides is 3. The zero-order valence-electron chi connectivity index (χ0n) is 21.8. The Morgan fingerprint density at radius 3 is 2.45 bits per heavy atom. The van der Waals surface area contributed by atoms with Gasteiger partial charge in [-0.05, 0) is 36.2 Å². The summed E-state index contributed by atoms with van der Waals surface area (Å²) in [7, 11) is 1.44. The number of halogens is 5. The van der Waals surface area contributed by atoms with Gasteiger partial charge in [0.05, 0.1) is 25.2 Å². The monoisotopic (exact) mass is 606 g/mol. The van der Waals surface area contributed by atoms with Gasteiger partial charge in [0.1, 0.15) is 17.5 Å². The van der Waals surface area contributed by atoms with Gasteiger partial charge in [-0.2, -0.15) is 0 Å². The molecule has 1 fully saturated rings. The number of carbonyl (C=O) groups excluding carboxylic acids is 1. The van der Waals surface area contributed by atoms with Crippen molar-refractivity contribution in [2.75, 3.05) is 19.0 Å². The van der Waals surface area contributed by atoms with E-state index < -0.39 is 41.8 Å². The van der Waals surface area contributed by atoms with Crippen molar-refractivity contribution in [3.8, 4) is 17.2 Å². The summed E-state index contributed by atoms with van der Waals surface area (Å²) in [6.45, 7) is 0.178. The lowest BCUT2D eigenvalue weighted by Crippen LogP contribution is -2.26. The zero-order valence-corrected chi connectivity index (χ0v) is 22.6. The molecule has 4 aromatic rings. The Morgan fingerprint density at radius 1 is 1.10 bits per heavy atom. The van der Waals surface area contributed by atoms with Crippen molar-refractivity contribution in [2.24, 2.45) is 11.8 Å². The number of aromatic nitrogens is 1. The molecule has 1 aliphatic rings. The molecule has 1 aliphatic carbocycles. The molecule has 0 aliphatic heterocycles. The van der Waals surface area contributed by atoms with Crippen LogP contribution in [-0.4, -0.2) is 41.6 Å². The third kappa shape index (κ3) is 6.54. The number of carboxylic acid groups (broad SMARTS) is 1. The van der Waals surface area contributed by atoms with Crippen molar-refractivity contribution in [2.45, 2.75) is 18.8 Å². The van der Waals surface area contributed by atoms with Gasteiger partial charge >= 0.3 is 12.3 Å². The average molecular weight is 607 g/mol. The minimum Gasteiger partial charge on any atom is -0.497 e. The highest BCUT2D eigenvalue weighted by Gasteiger charge is 2.43. The van der Waals surface area contributed by atoms with Crippen LogP contribution in [0.15, 0.2) is 66.9 Å². The van der Waals surface area contributed by atoms with E-state index >= 15 is 0 Å². The number of carbonyl (C=O) groups is 2. The summed E-state index contributed by atoms with van der Waals surface area (Å²) in [6, 6.07) is 13.2. The average Bonchev–Trinajstić information content (AvgIpc) is 3.62. The van der Waals surface area contributed by atoms with E-state index in [4.69, 9.17) is 26.2 Å². The number of hydrogen-bond acceptors (Lipinski definition) is 6.